The van der Waals surface area contributed by atoms with Crippen molar-refractivity contribution < 1.29 is 9.47 Å². The molecular formula is C19H23BrClNO2. The zero-order chi connectivity index (χ0) is 17.5. The van der Waals surface area contributed by atoms with E-state index in [1.54, 1.807) is 0 Å². The van der Waals surface area contributed by atoms with Crippen molar-refractivity contribution in [1.82, 2.24) is 5.32 Å². The molecule has 3 nitrogen and oxygen atoms in total. The van der Waals surface area contributed by atoms with Gasteiger partial charge < -0.3 is 14.8 Å². The van der Waals surface area contributed by atoms with Gasteiger partial charge in [0.1, 0.15) is 0 Å². The second-order valence-electron chi connectivity index (χ2n) is 5.70. The van der Waals surface area contributed by atoms with Crippen LogP contribution < -0.4 is 14.8 Å². The number of hydrogen-bond donors (Lipinski definition) is 1. The summed E-state index contributed by atoms with van der Waals surface area (Å²) >= 11 is 9.77. The van der Waals surface area contributed by atoms with Crippen molar-refractivity contribution in [3.8, 4) is 11.5 Å². The molecular weight excluding hydrogens is 390 g/mol. The highest BCUT2D eigenvalue weighted by atomic mass is 79.9. The lowest BCUT2D eigenvalue weighted by Gasteiger charge is -2.17. The van der Waals surface area contributed by atoms with E-state index in [2.05, 4.69) is 27.3 Å². The van der Waals surface area contributed by atoms with Crippen molar-refractivity contribution >= 4 is 27.5 Å². The summed E-state index contributed by atoms with van der Waals surface area (Å²) in [4.78, 5) is 0. The maximum atomic E-state index is 6.18. The van der Waals surface area contributed by atoms with Crippen LogP contribution in [0.2, 0.25) is 5.02 Å². The van der Waals surface area contributed by atoms with Gasteiger partial charge in [-0.25, -0.2) is 0 Å². The first kappa shape index (κ1) is 19.1. The molecule has 2 aromatic carbocycles. The minimum atomic E-state index is 0.0877. The highest BCUT2D eigenvalue weighted by molar-refractivity contribution is 9.10. The minimum absolute atomic E-state index is 0.0877. The summed E-state index contributed by atoms with van der Waals surface area (Å²) in [6.45, 7) is 7.99. The summed E-state index contributed by atoms with van der Waals surface area (Å²) in [5.74, 6) is 1.51. The number of benzene rings is 2. The van der Waals surface area contributed by atoms with E-state index in [0.29, 0.717) is 19.7 Å². The topological polar surface area (TPSA) is 30.5 Å². The molecule has 5 heteroatoms. The Morgan fingerprint density at radius 2 is 1.92 bits per heavy atom. The van der Waals surface area contributed by atoms with Crippen LogP contribution in [0.4, 0.5) is 0 Å². The molecule has 0 aliphatic carbocycles. The first-order chi connectivity index (χ1) is 11.5. The fraction of sp³-hybridized carbons (Fsp3) is 0.368. The molecule has 0 spiro atoms. The van der Waals surface area contributed by atoms with Crippen LogP contribution >= 0.6 is 27.5 Å². The number of nitrogens with one attached hydrogen (secondary N) is 1. The number of ether oxygens (including phenoxy) is 2. The zero-order valence-corrected chi connectivity index (χ0v) is 16.6. The molecule has 0 heterocycles. The SMILES string of the molecule is CCOc1cc(CNCc2ccccc2Cl)cc(Br)c1OC(C)C. The van der Waals surface area contributed by atoms with Crippen molar-refractivity contribution in [3.05, 3.63) is 57.0 Å². The maximum absolute atomic E-state index is 6.18. The van der Waals surface area contributed by atoms with Crippen molar-refractivity contribution in [1.29, 1.82) is 0 Å². The molecule has 0 atom stereocenters. The van der Waals surface area contributed by atoms with Crippen LogP contribution in [0.25, 0.3) is 0 Å². The fourth-order valence-electron chi connectivity index (χ4n) is 2.32. The van der Waals surface area contributed by atoms with E-state index in [9.17, 15) is 0 Å². The van der Waals surface area contributed by atoms with Gasteiger partial charge in [-0.05, 0) is 66.0 Å². The summed E-state index contributed by atoms with van der Waals surface area (Å²) in [5.41, 5.74) is 2.21. The van der Waals surface area contributed by atoms with Crippen molar-refractivity contribution in [2.75, 3.05) is 6.61 Å². The molecule has 2 rings (SSSR count). The van der Waals surface area contributed by atoms with Crippen molar-refractivity contribution in [2.24, 2.45) is 0 Å². The number of rotatable bonds is 8. The van der Waals surface area contributed by atoms with Gasteiger partial charge in [0.25, 0.3) is 0 Å². The average molecular weight is 413 g/mol. The van der Waals surface area contributed by atoms with Gasteiger partial charge in [-0.1, -0.05) is 29.8 Å². The highest BCUT2D eigenvalue weighted by Crippen LogP contribution is 2.37. The second-order valence-corrected chi connectivity index (χ2v) is 6.96. The lowest BCUT2D eigenvalue weighted by atomic mass is 10.2. The van der Waals surface area contributed by atoms with Crippen LogP contribution in [0, 0.1) is 0 Å². The number of hydrogen-bond acceptors (Lipinski definition) is 3. The molecule has 0 saturated carbocycles. The van der Waals surface area contributed by atoms with Gasteiger partial charge in [-0.2, -0.15) is 0 Å². The quantitative estimate of drug-likeness (QED) is 0.614. The summed E-state index contributed by atoms with van der Waals surface area (Å²) in [6.07, 6.45) is 0.0877. The Kier molecular flexibility index (Phi) is 7.40. The van der Waals surface area contributed by atoms with Gasteiger partial charge >= 0.3 is 0 Å². The van der Waals surface area contributed by atoms with Crippen molar-refractivity contribution in [2.45, 2.75) is 40.0 Å². The third kappa shape index (κ3) is 5.40. The molecule has 0 aliphatic rings. The van der Waals surface area contributed by atoms with Gasteiger partial charge in [0, 0.05) is 18.1 Å². The van der Waals surface area contributed by atoms with Crippen molar-refractivity contribution in [3.63, 3.8) is 0 Å². The van der Waals surface area contributed by atoms with Gasteiger partial charge in [-0.3, -0.25) is 0 Å². The molecule has 0 radical (unpaired) electrons. The van der Waals surface area contributed by atoms with E-state index in [1.807, 2.05) is 51.1 Å². The van der Waals surface area contributed by atoms with Gasteiger partial charge in [-0.15, -0.1) is 0 Å². The lowest BCUT2D eigenvalue weighted by molar-refractivity contribution is 0.222. The van der Waals surface area contributed by atoms with E-state index in [0.717, 1.165) is 32.1 Å². The standard InChI is InChI=1S/C19H23BrClNO2/c1-4-23-18-10-14(9-16(20)19(18)24-13(2)3)11-22-12-15-7-5-6-8-17(15)21/h5-10,13,22H,4,11-12H2,1-3H3. The van der Waals surface area contributed by atoms with Crippen LogP contribution in [0.15, 0.2) is 40.9 Å². The molecule has 0 unspecified atom stereocenters. The van der Waals surface area contributed by atoms with Gasteiger partial charge in [0.2, 0.25) is 0 Å². The summed E-state index contributed by atoms with van der Waals surface area (Å²) in [7, 11) is 0. The lowest BCUT2D eigenvalue weighted by Crippen LogP contribution is -2.14. The Balaban J connectivity index is 2.08. The van der Waals surface area contributed by atoms with Gasteiger partial charge in [0.05, 0.1) is 17.2 Å². The molecule has 0 amide bonds. The Morgan fingerprint density at radius 3 is 2.58 bits per heavy atom. The second kappa shape index (κ2) is 9.30. The molecule has 0 fully saturated rings. The summed E-state index contributed by atoms with van der Waals surface area (Å²) in [6, 6.07) is 11.9. The van der Waals surface area contributed by atoms with E-state index in [1.165, 1.54) is 0 Å². The molecule has 24 heavy (non-hydrogen) atoms. The minimum Gasteiger partial charge on any atom is -0.490 e. The Hall–Kier alpha value is -1.23. The molecule has 130 valence electrons. The van der Waals surface area contributed by atoms with Crippen LogP contribution in [0.3, 0.4) is 0 Å². The zero-order valence-electron chi connectivity index (χ0n) is 14.2. The first-order valence-corrected chi connectivity index (χ1v) is 9.24. The smallest absolute Gasteiger partial charge is 0.175 e. The largest absolute Gasteiger partial charge is 0.490 e. The predicted molar refractivity (Wildman–Crippen MR) is 103 cm³/mol. The third-order valence-electron chi connectivity index (χ3n) is 3.33. The van der Waals surface area contributed by atoms with Crippen LogP contribution in [-0.2, 0) is 13.1 Å². The maximum Gasteiger partial charge on any atom is 0.175 e. The summed E-state index contributed by atoms with van der Waals surface area (Å²) < 4.78 is 12.5. The van der Waals surface area contributed by atoms with Crippen LogP contribution in [-0.4, -0.2) is 12.7 Å². The van der Waals surface area contributed by atoms with E-state index >= 15 is 0 Å². The van der Waals surface area contributed by atoms with Crippen LogP contribution in [0.5, 0.6) is 11.5 Å². The monoisotopic (exact) mass is 411 g/mol. The summed E-state index contributed by atoms with van der Waals surface area (Å²) in [5, 5.41) is 4.19. The Bertz CT molecular complexity index is 676. The Morgan fingerprint density at radius 1 is 1.17 bits per heavy atom. The van der Waals surface area contributed by atoms with E-state index in [4.69, 9.17) is 21.1 Å². The molecule has 0 aliphatic heterocycles. The first-order valence-electron chi connectivity index (χ1n) is 8.07. The predicted octanol–water partition coefficient (Wildman–Crippen LogP) is 5.58. The normalized spacial score (nSPS) is 10.9. The molecule has 2 aromatic rings. The molecule has 0 bridgehead atoms. The van der Waals surface area contributed by atoms with E-state index < -0.39 is 0 Å². The fourth-order valence-corrected chi connectivity index (χ4v) is 3.11. The molecule has 0 saturated heterocycles. The third-order valence-corrected chi connectivity index (χ3v) is 4.28. The average Bonchev–Trinajstić information content (AvgIpc) is 2.52. The highest BCUT2D eigenvalue weighted by Gasteiger charge is 2.13. The Labute approximate surface area is 157 Å². The van der Waals surface area contributed by atoms with Gasteiger partial charge in [0.15, 0.2) is 11.5 Å². The van der Waals surface area contributed by atoms with Crippen LogP contribution in [0.1, 0.15) is 31.9 Å². The van der Waals surface area contributed by atoms with E-state index in [-0.39, 0.29) is 6.10 Å². The number of halogens is 2. The molecule has 1 N–H and O–H groups in total. The molecule has 0 aromatic heterocycles.